The maximum atomic E-state index is 13.5. The molecule has 0 aliphatic carbocycles. The van der Waals surface area contributed by atoms with E-state index in [9.17, 15) is 27.9 Å². The molecule has 2 amide bonds. The van der Waals surface area contributed by atoms with Crippen molar-refractivity contribution in [3.8, 4) is 17.3 Å². The van der Waals surface area contributed by atoms with Crippen LogP contribution in [0.2, 0.25) is 0 Å². The van der Waals surface area contributed by atoms with Gasteiger partial charge >= 0.3 is 12.3 Å². The SMILES string of the molecule is COc1cc(C(=O)N2CC[C@@H](O)[C@@H](NC(=O)O)C2)cc2nc(-c3cc4ccccc4n3CC(F)(F)F)n(C)c12. The molecule has 0 spiro atoms. The molecule has 0 unspecified atom stereocenters. The van der Waals surface area contributed by atoms with Gasteiger partial charge in [-0.25, -0.2) is 9.78 Å². The molecule has 3 heterocycles. The van der Waals surface area contributed by atoms with Crippen LogP contribution in [-0.2, 0) is 13.6 Å². The van der Waals surface area contributed by atoms with E-state index in [2.05, 4.69) is 10.3 Å². The Hall–Kier alpha value is -4.26. The fraction of sp³-hybridized carbons (Fsp3) is 0.346. The summed E-state index contributed by atoms with van der Waals surface area (Å²) in [5.41, 5.74) is 1.72. The van der Waals surface area contributed by atoms with Gasteiger partial charge in [0, 0.05) is 36.6 Å². The number of imidazole rings is 1. The molecule has 13 heteroatoms. The lowest BCUT2D eigenvalue weighted by Crippen LogP contribution is -2.56. The summed E-state index contributed by atoms with van der Waals surface area (Å²) in [4.78, 5) is 30.5. The third-order valence-corrected chi connectivity index (χ3v) is 6.95. The Morgan fingerprint density at radius 2 is 1.95 bits per heavy atom. The van der Waals surface area contributed by atoms with E-state index >= 15 is 0 Å². The van der Waals surface area contributed by atoms with Gasteiger partial charge in [-0.05, 0) is 30.7 Å². The molecule has 206 valence electrons. The average Bonchev–Trinajstić information content (AvgIpc) is 3.40. The Labute approximate surface area is 220 Å². The lowest BCUT2D eigenvalue weighted by Gasteiger charge is -2.36. The van der Waals surface area contributed by atoms with Gasteiger partial charge in [0.25, 0.3) is 5.91 Å². The fourth-order valence-electron chi connectivity index (χ4n) is 5.17. The summed E-state index contributed by atoms with van der Waals surface area (Å²) in [5, 5.41) is 22.0. The molecule has 0 radical (unpaired) electrons. The van der Waals surface area contributed by atoms with Crippen LogP contribution in [-0.4, -0.2) is 79.8 Å². The van der Waals surface area contributed by atoms with Gasteiger partial charge in [-0.2, -0.15) is 13.2 Å². The highest BCUT2D eigenvalue weighted by molar-refractivity contribution is 6.00. The number of methoxy groups -OCH3 is 1. The van der Waals surface area contributed by atoms with Crippen LogP contribution in [0.5, 0.6) is 5.75 Å². The number of amides is 2. The molecule has 1 aliphatic rings. The number of aliphatic hydroxyl groups is 1. The summed E-state index contributed by atoms with van der Waals surface area (Å²) in [6, 6.07) is 10.6. The second-order valence-corrected chi connectivity index (χ2v) is 9.49. The highest BCUT2D eigenvalue weighted by atomic mass is 19.4. The number of carbonyl (C=O) groups is 2. The number of rotatable bonds is 5. The smallest absolute Gasteiger partial charge is 0.406 e. The van der Waals surface area contributed by atoms with Crippen molar-refractivity contribution in [2.75, 3.05) is 20.2 Å². The van der Waals surface area contributed by atoms with E-state index in [1.807, 2.05) is 0 Å². The van der Waals surface area contributed by atoms with Gasteiger partial charge in [-0.1, -0.05) is 18.2 Å². The Morgan fingerprint density at radius 1 is 1.21 bits per heavy atom. The van der Waals surface area contributed by atoms with Gasteiger partial charge in [0.1, 0.15) is 17.8 Å². The molecule has 2 atom stereocenters. The lowest BCUT2D eigenvalue weighted by molar-refractivity contribution is -0.139. The number of ether oxygens (including phenoxy) is 1. The number of hydrogen-bond donors (Lipinski definition) is 3. The Morgan fingerprint density at radius 3 is 2.64 bits per heavy atom. The number of aryl methyl sites for hydroxylation is 1. The number of nitrogens with one attached hydrogen (secondary N) is 1. The molecule has 0 saturated carbocycles. The number of halogens is 3. The van der Waals surface area contributed by atoms with Crippen molar-refractivity contribution in [3.05, 3.63) is 48.0 Å². The number of hydrogen-bond acceptors (Lipinski definition) is 5. The number of nitrogens with zero attached hydrogens (tertiary/aromatic N) is 4. The van der Waals surface area contributed by atoms with E-state index in [4.69, 9.17) is 9.84 Å². The second-order valence-electron chi connectivity index (χ2n) is 9.49. The summed E-state index contributed by atoms with van der Waals surface area (Å²) >= 11 is 0. The fourth-order valence-corrected chi connectivity index (χ4v) is 5.17. The maximum Gasteiger partial charge on any atom is 0.406 e. The van der Waals surface area contributed by atoms with Gasteiger partial charge in [-0.3, -0.25) is 4.79 Å². The van der Waals surface area contributed by atoms with Crippen LogP contribution in [0.1, 0.15) is 16.8 Å². The van der Waals surface area contributed by atoms with Gasteiger partial charge in [0.05, 0.1) is 30.5 Å². The summed E-state index contributed by atoms with van der Waals surface area (Å²) in [7, 11) is 3.08. The molecular formula is C26H26F3N5O5. The van der Waals surface area contributed by atoms with Crippen LogP contribution < -0.4 is 10.1 Å². The Balaban J connectivity index is 1.58. The number of carbonyl (C=O) groups excluding carboxylic acids is 1. The number of carboxylic acid groups (broad SMARTS) is 1. The van der Waals surface area contributed by atoms with Gasteiger partial charge in [-0.15, -0.1) is 0 Å². The highest BCUT2D eigenvalue weighted by Crippen LogP contribution is 2.36. The number of piperidine rings is 1. The van der Waals surface area contributed by atoms with Crippen molar-refractivity contribution in [1.82, 2.24) is 24.3 Å². The molecule has 2 aromatic heterocycles. The lowest BCUT2D eigenvalue weighted by atomic mass is 10.0. The molecule has 1 saturated heterocycles. The Bertz CT molecular complexity index is 1580. The second kappa shape index (κ2) is 9.80. The molecule has 1 aliphatic heterocycles. The van der Waals surface area contributed by atoms with Crippen molar-refractivity contribution < 1.29 is 37.7 Å². The summed E-state index contributed by atoms with van der Waals surface area (Å²) in [5.74, 6) is 0.144. The Kier molecular flexibility index (Phi) is 6.62. The van der Waals surface area contributed by atoms with Crippen molar-refractivity contribution >= 4 is 33.9 Å². The number of aliphatic hydroxyl groups excluding tert-OH is 1. The summed E-state index contributed by atoms with van der Waals surface area (Å²) in [6.07, 6.45) is -6.51. The molecule has 0 bridgehead atoms. The van der Waals surface area contributed by atoms with Gasteiger partial charge in [0.2, 0.25) is 0 Å². The molecule has 3 N–H and O–H groups in total. The number of para-hydroxylation sites is 1. The minimum atomic E-state index is -4.46. The first-order valence-corrected chi connectivity index (χ1v) is 12.1. The number of likely N-dealkylation sites (tertiary alicyclic amines) is 1. The first-order valence-electron chi connectivity index (χ1n) is 12.1. The van der Waals surface area contributed by atoms with E-state index in [1.165, 1.54) is 28.7 Å². The minimum Gasteiger partial charge on any atom is -0.494 e. The zero-order valence-corrected chi connectivity index (χ0v) is 21.1. The van der Waals surface area contributed by atoms with Crippen LogP contribution in [0.3, 0.4) is 0 Å². The predicted octanol–water partition coefficient (Wildman–Crippen LogP) is 3.61. The number of benzene rings is 2. The zero-order valence-electron chi connectivity index (χ0n) is 21.1. The standard InChI is InChI=1S/C26H26F3N5O5/c1-32-22-16(30-23(32)19-10-14-5-3-4-6-18(14)34(19)13-26(27,28)29)9-15(11-21(22)39-2)24(36)33-8-7-20(35)17(12-33)31-25(37)38/h3-6,9-11,17,20,31,35H,7-8,12-13H2,1-2H3,(H,37,38)/t17-,20+/m0/s1. The number of alkyl halides is 3. The molecule has 5 rings (SSSR count). The van der Waals surface area contributed by atoms with E-state index < -0.39 is 36.9 Å². The molecule has 1 fully saturated rings. The van der Waals surface area contributed by atoms with Crippen LogP contribution in [0.4, 0.5) is 18.0 Å². The highest BCUT2D eigenvalue weighted by Gasteiger charge is 2.33. The molecular weight excluding hydrogens is 519 g/mol. The van der Waals surface area contributed by atoms with E-state index in [-0.39, 0.29) is 36.6 Å². The van der Waals surface area contributed by atoms with E-state index in [0.717, 1.165) is 0 Å². The summed E-state index contributed by atoms with van der Waals surface area (Å²) in [6.45, 7) is -1.02. The molecule has 39 heavy (non-hydrogen) atoms. The maximum absolute atomic E-state index is 13.5. The van der Waals surface area contributed by atoms with Crippen LogP contribution in [0, 0.1) is 0 Å². The van der Waals surface area contributed by atoms with Gasteiger partial charge < -0.3 is 34.3 Å². The van der Waals surface area contributed by atoms with Crippen LogP contribution >= 0.6 is 0 Å². The van der Waals surface area contributed by atoms with Crippen LogP contribution in [0.15, 0.2) is 42.5 Å². The topological polar surface area (TPSA) is 122 Å². The molecule has 2 aromatic carbocycles. The third kappa shape index (κ3) is 4.97. The van der Waals surface area contributed by atoms with Crippen molar-refractivity contribution in [3.63, 3.8) is 0 Å². The number of aromatic nitrogens is 3. The van der Waals surface area contributed by atoms with Crippen molar-refractivity contribution in [2.24, 2.45) is 7.05 Å². The average molecular weight is 546 g/mol. The predicted molar refractivity (Wildman–Crippen MR) is 136 cm³/mol. The van der Waals surface area contributed by atoms with Gasteiger partial charge in [0.15, 0.2) is 5.82 Å². The quantitative estimate of drug-likeness (QED) is 0.352. The first kappa shape index (κ1) is 26.4. The first-order chi connectivity index (χ1) is 18.5. The van der Waals surface area contributed by atoms with E-state index in [0.29, 0.717) is 27.7 Å². The zero-order chi connectivity index (χ0) is 28.1. The normalized spacial score (nSPS) is 18.1. The third-order valence-electron chi connectivity index (χ3n) is 6.95. The van der Waals surface area contributed by atoms with E-state index in [1.54, 1.807) is 41.9 Å². The number of fused-ring (bicyclic) bond motifs is 2. The molecule has 10 nitrogen and oxygen atoms in total. The minimum absolute atomic E-state index is 0.0301. The van der Waals surface area contributed by atoms with Crippen molar-refractivity contribution in [2.45, 2.75) is 31.3 Å². The molecule has 4 aromatic rings. The van der Waals surface area contributed by atoms with Crippen LogP contribution in [0.25, 0.3) is 33.5 Å². The van der Waals surface area contributed by atoms with Crippen molar-refractivity contribution in [1.29, 1.82) is 0 Å². The summed E-state index contributed by atoms with van der Waals surface area (Å²) < 4.78 is 49.0. The largest absolute Gasteiger partial charge is 0.494 e. The monoisotopic (exact) mass is 545 g/mol.